The predicted molar refractivity (Wildman–Crippen MR) is 116 cm³/mol. The van der Waals surface area contributed by atoms with Gasteiger partial charge in [0.15, 0.2) is 0 Å². The number of nitrogens with two attached hydrogens (primary N) is 1. The van der Waals surface area contributed by atoms with Gasteiger partial charge in [-0.25, -0.2) is 18.5 Å². The number of carbonyl (C=O) groups excluding carboxylic acids is 1. The van der Waals surface area contributed by atoms with Crippen molar-refractivity contribution in [2.45, 2.75) is 21.4 Å². The SMILES string of the molecule is NS(=O)(=O)c1ccc(NC(=O)Cc2csc(SCc3ccc(Br)cc3)n2)cc1. The smallest absolute Gasteiger partial charge is 0.238 e. The summed E-state index contributed by atoms with van der Waals surface area (Å²) in [5.41, 5.74) is 2.39. The molecule has 0 aliphatic heterocycles. The minimum Gasteiger partial charge on any atom is -0.326 e. The molecule has 3 aromatic rings. The molecule has 0 fully saturated rings. The minimum absolute atomic E-state index is 0.00237. The molecule has 3 rings (SSSR count). The molecule has 28 heavy (non-hydrogen) atoms. The molecule has 6 nitrogen and oxygen atoms in total. The molecule has 10 heteroatoms. The number of rotatable bonds is 7. The average Bonchev–Trinajstić information content (AvgIpc) is 3.08. The summed E-state index contributed by atoms with van der Waals surface area (Å²) >= 11 is 6.55. The van der Waals surface area contributed by atoms with Crippen molar-refractivity contribution in [2.75, 3.05) is 5.32 Å². The third-order valence-corrected chi connectivity index (χ3v) is 7.21. The first-order valence-electron chi connectivity index (χ1n) is 8.04. The number of thioether (sulfide) groups is 1. The molecule has 0 bridgehead atoms. The van der Waals surface area contributed by atoms with Gasteiger partial charge in [0.1, 0.15) is 4.34 Å². The highest BCUT2D eigenvalue weighted by Crippen LogP contribution is 2.27. The van der Waals surface area contributed by atoms with E-state index in [0.29, 0.717) is 11.4 Å². The summed E-state index contributed by atoms with van der Waals surface area (Å²) in [5.74, 6) is 0.584. The Morgan fingerprint density at radius 1 is 1.14 bits per heavy atom. The largest absolute Gasteiger partial charge is 0.326 e. The highest BCUT2D eigenvalue weighted by Gasteiger charge is 2.11. The van der Waals surface area contributed by atoms with E-state index in [1.807, 2.05) is 17.5 Å². The average molecular weight is 498 g/mol. The zero-order valence-electron chi connectivity index (χ0n) is 14.5. The lowest BCUT2D eigenvalue weighted by atomic mass is 10.2. The van der Waals surface area contributed by atoms with Crippen molar-refractivity contribution in [1.29, 1.82) is 0 Å². The number of hydrogen-bond donors (Lipinski definition) is 2. The van der Waals surface area contributed by atoms with Gasteiger partial charge in [-0.2, -0.15) is 0 Å². The van der Waals surface area contributed by atoms with E-state index in [-0.39, 0.29) is 17.2 Å². The van der Waals surface area contributed by atoms with Crippen molar-refractivity contribution in [2.24, 2.45) is 5.14 Å². The quantitative estimate of drug-likeness (QED) is 0.479. The Bertz CT molecular complexity index is 1070. The van der Waals surface area contributed by atoms with Gasteiger partial charge >= 0.3 is 0 Å². The number of hydrogen-bond acceptors (Lipinski definition) is 6. The third kappa shape index (κ3) is 6.14. The lowest BCUT2D eigenvalue weighted by Gasteiger charge is -2.05. The van der Waals surface area contributed by atoms with Crippen LogP contribution in [-0.2, 0) is 27.0 Å². The van der Waals surface area contributed by atoms with Crippen LogP contribution in [0.5, 0.6) is 0 Å². The maximum absolute atomic E-state index is 12.2. The number of benzene rings is 2. The minimum atomic E-state index is -3.75. The van der Waals surface area contributed by atoms with E-state index in [9.17, 15) is 13.2 Å². The van der Waals surface area contributed by atoms with Crippen LogP contribution in [0.1, 0.15) is 11.3 Å². The number of carbonyl (C=O) groups is 1. The molecule has 0 radical (unpaired) electrons. The predicted octanol–water partition coefficient (Wildman–Crippen LogP) is 4.03. The van der Waals surface area contributed by atoms with E-state index in [1.54, 1.807) is 11.8 Å². The molecule has 1 heterocycles. The number of nitrogens with zero attached hydrogens (tertiary/aromatic N) is 1. The van der Waals surface area contributed by atoms with E-state index in [1.165, 1.54) is 41.2 Å². The molecule has 146 valence electrons. The first kappa shape index (κ1) is 21.0. The summed E-state index contributed by atoms with van der Waals surface area (Å²) in [4.78, 5) is 16.7. The zero-order chi connectivity index (χ0) is 20.1. The molecule has 1 amide bonds. The lowest BCUT2D eigenvalue weighted by molar-refractivity contribution is -0.115. The number of thiazole rings is 1. The van der Waals surface area contributed by atoms with Crippen molar-refractivity contribution in [1.82, 2.24) is 4.98 Å². The van der Waals surface area contributed by atoms with Crippen molar-refractivity contribution >= 4 is 60.6 Å². The van der Waals surface area contributed by atoms with E-state index in [2.05, 4.69) is 38.4 Å². The van der Waals surface area contributed by atoms with Gasteiger partial charge in [-0.15, -0.1) is 11.3 Å². The molecular weight excluding hydrogens is 482 g/mol. The maximum Gasteiger partial charge on any atom is 0.238 e. The molecule has 0 atom stereocenters. The van der Waals surface area contributed by atoms with Gasteiger partial charge in [0, 0.05) is 21.3 Å². The van der Waals surface area contributed by atoms with Gasteiger partial charge in [0.05, 0.1) is 17.0 Å². The van der Waals surface area contributed by atoms with E-state index in [4.69, 9.17) is 5.14 Å². The van der Waals surface area contributed by atoms with Crippen molar-refractivity contribution < 1.29 is 13.2 Å². The second kappa shape index (κ2) is 9.19. The summed E-state index contributed by atoms with van der Waals surface area (Å²) in [6.07, 6.45) is 0.145. The summed E-state index contributed by atoms with van der Waals surface area (Å²) in [6, 6.07) is 13.8. The Balaban J connectivity index is 1.52. The second-order valence-corrected chi connectivity index (χ2v) is 10.4. The molecule has 0 aliphatic rings. The van der Waals surface area contributed by atoms with Crippen molar-refractivity contribution in [3.05, 3.63) is 69.6 Å². The zero-order valence-corrected chi connectivity index (χ0v) is 18.5. The van der Waals surface area contributed by atoms with Crippen LogP contribution in [0.25, 0.3) is 0 Å². The standard InChI is InChI=1S/C18H16BrN3O3S3/c19-13-3-1-12(2-4-13)10-26-18-22-15(11-27-18)9-17(23)21-14-5-7-16(8-6-14)28(20,24)25/h1-8,11H,9-10H2,(H,21,23)(H2,20,24,25). The molecule has 1 aromatic heterocycles. The molecule has 2 aromatic carbocycles. The number of halogens is 1. The van der Waals surface area contributed by atoms with Crippen LogP contribution in [0.2, 0.25) is 0 Å². The number of amides is 1. The highest BCUT2D eigenvalue weighted by atomic mass is 79.9. The number of aromatic nitrogens is 1. The Morgan fingerprint density at radius 2 is 1.82 bits per heavy atom. The first-order valence-corrected chi connectivity index (χ1v) is 12.2. The fourth-order valence-electron chi connectivity index (χ4n) is 2.26. The third-order valence-electron chi connectivity index (χ3n) is 3.61. The number of sulfonamides is 1. The van der Waals surface area contributed by atoms with Crippen LogP contribution in [-0.4, -0.2) is 19.3 Å². The molecule has 0 saturated heterocycles. The Kier molecular flexibility index (Phi) is 6.89. The summed E-state index contributed by atoms with van der Waals surface area (Å²) < 4.78 is 24.4. The van der Waals surface area contributed by atoms with Crippen molar-refractivity contribution in [3.8, 4) is 0 Å². The van der Waals surface area contributed by atoms with Gasteiger partial charge in [0.25, 0.3) is 0 Å². The normalized spacial score (nSPS) is 11.4. The first-order chi connectivity index (χ1) is 13.3. The van der Waals surface area contributed by atoms with Gasteiger partial charge in [-0.05, 0) is 42.0 Å². The van der Waals surface area contributed by atoms with Gasteiger partial charge in [-0.3, -0.25) is 4.79 Å². The summed E-state index contributed by atoms with van der Waals surface area (Å²) in [5, 5.41) is 9.64. The summed E-state index contributed by atoms with van der Waals surface area (Å²) in [7, 11) is -3.75. The van der Waals surface area contributed by atoms with E-state index < -0.39 is 10.0 Å². The second-order valence-electron chi connectivity index (χ2n) is 5.81. The fraction of sp³-hybridized carbons (Fsp3) is 0.111. The van der Waals surface area contributed by atoms with Crippen LogP contribution in [0, 0.1) is 0 Å². The Labute approximate surface area is 179 Å². The topological polar surface area (TPSA) is 102 Å². The molecule has 0 spiro atoms. The molecular formula is C18H16BrN3O3S3. The van der Waals surface area contributed by atoms with E-state index in [0.717, 1.165) is 14.6 Å². The van der Waals surface area contributed by atoms with Crippen LogP contribution < -0.4 is 10.5 Å². The van der Waals surface area contributed by atoms with Crippen LogP contribution in [0.3, 0.4) is 0 Å². The summed E-state index contributed by atoms with van der Waals surface area (Å²) in [6.45, 7) is 0. The fourth-order valence-corrected chi connectivity index (χ4v) is 4.84. The van der Waals surface area contributed by atoms with Crippen LogP contribution in [0.15, 0.2) is 67.6 Å². The van der Waals surface area contributed by atoms with Gasteiger partial charge < -0.3 is 5.32 Å². The number of anilines is 1. The number of primary sulfonamides is 1. The Morgan fingerprint density at radius 3 is 2.46 bits per heavy atom. The van der Waals surface area contributed by atoms with Crippen LogP contribution in [0.4, 0.5) is 5.69 Å². The molecule has 0 aliphatic carbocycles. The highest BCUT2D eigenvalue weighted by molar-refractivity contribution is 9.10. The van der Waals surface area contributed by atoms with Crippen molar-refractivity contribution in [3.63, 3.8) is 0 Å². The lowest BCUT2D eigenvalue weighted by Crippen LogP contribution is -2.15. The maximum atomic E-state index is 12.2. The van der Waals surface area contributed by atoms with Gasteiger partial charge in [0.2, 0.25) is 15.9 Å². The molecule has 3 N–H and O–H groups in total. The van der Waals surface area contributed by atoms with E-state index >= 15 is 0 Å². The Hall–Kier alpha value is -1.72. The van der Waals surface area contributed by atoms with Crippen LogP contribution >= 0.6 is 39.0 Å². The monoisotopic (exact) mass is 497 g/mol. The molecule has 0 unspecified atom stereocenters. The number of nitrogens with one attached hydrogen (secondary N) is 1. The molecule has 0 saturated carbocycles. The van der Waals surface area contributed by atoms with Gasteiger partial charge in [-0.1, -0.05) is 39.8 Å².